The number of hydrogen-bond donors (Lipinski definition) is 2. The predicted molar refractivity (Wildman–Crippen MR) is 81.8 cm³/mol. The number of nitrogens with two attached hydrogens (primary N) is 1. The molecule has 0 aliphatic heterocycles. The second-order valence-electron chi connectivity index (χ2n) is 6.25. The average Bonchev–Trinajstić information content (AvgIpc) is 2.40. The van der Waals surface area contributed by atoms with Crippen LogP contribution < -0.4 is 11.1 Å². The maximum absolute atomic E-state index is 12.8. The van der Waals surface area contributed by atoms with Crippen molar-refractivity contribution in [1.29, 1.82) is 0 Å². The molecule has 4 nitrogen and oxygen atoms in total. The summed E-state index contributed by atoms with van der Waals surface area (Å²) in [5.41, 5.74) is 4.40. The Labute approximate surface area is 134 Å². The third-order valence-electron chi connectivity index (χ3n) is 3.00. The minimum Gasteiger partial charge on any atom is -0.444 e. The fraction of sp³-hybridized carbons (Fsp3) is 0.562. The van der Waals surface area contributed by atoms with Crippen molar-refractivity contribution in [2.24, 2.45) is 5.73 Å². The molecule has 0 aliphatic carbocycles. The Morgan fingerprint density at radius 3 is 2.48 bits per heavy atom. The number of amides is 1. The molecule has 0 bridgehead atoms. The minimum atomic E-state index is -4.43. The molecule has 0 aromatic heterocycles. The Hall–Kier alpha value is -1.76. The van der Waals surface area contributed by atoms with Gasteiger partial charge in [0.1, 0.15) is 5.60 Å². The van der Waals surface area contributed by atoms with Crippen LogP contribution in [0.3, 0.4) is 0 Å². The molecule has 7 heteroatoms. The van der Waals surface area contributed by atoms with Crippen LogP contribution in [-0.4, -0.2) is 18.2 Å². The van der Waals surface area contributed by atoms with Crippen LogP contribution in [0, 0.1) is 0 Å². The van der Waals surface area contributed by atoms with E-state index in [2.05, 4.69) is 5.32 Å². The summed E-state index contributed by atoms with van der Waals surface area (Å²) in [5, 5.41) is 2.62. The molecule has 0 saturated heterocycles. The van der Waals surface area contributed by atoms with Crippen LogP contribution in [0.1, 0.15) is 50.8 Å². The van der Waals surface area contributed by atoms with Gasteiger partial charge in [0.2, 0.25) is 0 Å². The largest absolute Gasteiger partial charge is 0.444 e. The lowest BCUT2D eigenvalue weighted by Gasteiger charge is -2.24. The van der Waals surface area contributed by atoms with Gasteiger partial charge in [-0.15, -0.1) is 0 Å². The first-order valence-electron chi connectivity index (χ1n) is 7.39. The predicted octanol–water partition coefficient (Wildman–Crippen LogP) is 4.01. The standard InChI is InChI=1S/C16H23F3N2O2/c1-15(2,3)23-14(22)21-13(8-5-9-20)11-6-4-7-12(10-11)16(17,18)19/h4,6-7,10,13H,5,8-9,20H2,1-3H3,(H,21,22). The highest BCUT2D eigenvalue weighted by atomic mass is 19.4. The van der Waals surface area contributed by atoms with Gasteiger partial charge in [-0.1, -0.05) is 12.1 Å². The fourth-order valence-electron chi connectivity index (χ4n) is 2.03. The molecule has 1 atom stereocenters. The Bertz CT molecular complexity index is 525. The van der Waals surface area contributed by atoms with E-state index in [-0.39, 0.29) is 0 Å². The van der Waals surface area contributed by atoms with Crippen LogP contribution in [-0.2, 0) is 10.9 Å². The molecule has 1 rings (SSSR count). The Kier molecular flexibility index (Phi) is 6.44. The smallest absolute Gasteiger partial charge is 0.416 e. The number of ether oxygens (including phenoxy) is 1. The molecule has 1 amide bonds. The molecule has 0 saturated carbocycles. The molecular formula is C16H23F3N2O2. The zero-order valence-corrected chi connectivity index (χ0v) is 13.5. The van der Waals surface area contributed by atoms with E-state index in [0.29, 0.717) is 24.9 Å². The summed E-state index contributed by atoms with van der Waals surface area (Å²) in [6.45, 7) is 5.52. The molecule has 1 aromatic carbocycles. The number of halogens is 3. The Balaban J connectivity index is 2.95. The third kappa shape index (κ3) is 6.90. The fourth-order valence-corrected chi connectivity index (χ4v) is 2.03. The first-order valence-corrected chi connectivity index (χ1v) is 7.39. The van der Waals surface area contributed by atoms with Crippen molar-refractivity contribution in [2.75, 3.05) is 6.54 Å². The highest BCUT2D eigenvalue weighted by Crippen LogP contribution is 2.31. The van der Waals surface area contributed by atoms with Crippen molar-refractivity contribution in [3.8, 4) is 0 Å². The van der Waals surface area contributed by atoms with E-state index in [4.69, 9.17) is 10.5 Å². The molecule has 0 spiro atoms. The number of alkyl halides is 3. The Morgan fingerprint density at radius 2 is 1.96 bits per heavy atom. The molecule has 0 fully saturated rings. The van der Waals surface area contributed by atoms with Crippen LogP contribution in [0.4, 0.5) is 18.0 Å². The van der Waals surface area contributed by atoms with Crippen LogP contribution in [0.15, 0.2) is 24.3 Å². The Morgan fingerprint density at radius 1 is 1.30 bits per heavy atom. The highest BCUT2D eigenvalue weighted by molar-refractivity contribution is 5.68. The number of alkyl carbamates (subject to hydrolysis) is 1. The maximum Gasteiger partial charge on any atom is 0.416 e. The van der Waals surface area contributed by atoms with Crippen LogP contribution in [0.5, 0.6) is 0 Å². The normalized spacial score (nSPS) is 13.5. The van der Waals surface area contributed by atoms with Crippen molar-refractivity contribution in [2.45, 2.75) is 51.4 Å². The summed E-state index contributed by atoms with van der Waals surface area (Å²) in [4.78, 5) is 11.9. The van der Waals surface area contributed by atoms with E-state index in [1.165, 1.54) is 6.07 Å². The molecule has 1 unspecified atom stereocenters. The first kappa shape index (κ1) is 19.3. The zero-order chi connectivity index (χ0) is 17.7. The summed E-state index contributed by atoms with van der Waals surface area (Å²) in [6.07, 6.45) is -4.11. The number of hydrogen-bond acceptors (Lipinski definition) is 3. The highest BCUT2D eigenvalue weighted by Gasteiger charge is 2.31. The molecule has 0 aliphatic rings. The van der Waals surface area contributed by atoms with E-state index < -0.39 is 29.5 Å². The van der Waals surface area contributed by atoms with Crippen molar-refractivity contribution < 1.29 is 22.7 Å². The monoisotopic (exact) mass is 332 g/mol. The average molecular weight is 332 g/mol. The van der Waals surface area contributed by atoms with E-state index in [0.717, 1.165) is 12.1 Å². The molecule has 1 aromatic rings. The molecular weight excluding hydrogens is 309 g/mol. The molecule has 130 valence electrons. The van der Waals surface area contributed by atoms with Gasteiger partial charge in [0.25, 0.3) is 0 Å². The number of carbonyl (C=O) groups excluding carboxylic acids is 1. The van der Waals surface area contributed by atoms with Gasteiger partial charge in [-0.3, -0.25) is 0 Å². The lowest BCUT2D eigenvalue weighted by Crippen LogP contribution is -2.35. The first-order chi connectivity index (χ1) is 10.5. The van der Waals surface area contributed by atoms with E-state index >= 15 is 0 Å². The van der Waals surface area contributed by atoms with Crippen molar-refractivity contribution in [3.63, 3.8) is 0 Å². The van der Waals surface area contributed by atoms with Gasteiger partial charge >= 0.3 is 12.3 Å². The van der Waals surface area contributed by atoms with Crippen LogP contribution >= 0.6 is 0 Å². The second kappa shape index (κ2) is 7.68. The molecule has 0 heterocycles. The van der Waals surface area contributed by atoms with E-state index in [9.17, 15) is 18.0 Å². The SMILES string of the molecule is CC(C)(C)OC(=O)NC(CCCN)c1cccc(C(F)(F)F)c1. The van der Waals surface area contributed by atoms with Gasteiger partial charge in [0, 0.05) is 0 Å². The summed E-state index contributed by atoms with van der Waals surface area (Å²) in [6, 6.07) is 4.32. The zero-order valence-electron chi connectivity index (χ0n) is 13.5. The van der Waals surface area contributed by atoms with E-state index in [1.54, 1.807) is 26.8 Å². The van der Waals surface area contributed by atoms with Gasteiger partial charge < -0.3 is 15.8 Å². The summed E-state index contributed by atoms with van der Waals surface area (Å²) in [5.74, 6) is 0. The van der Waals surface area contributed by atoms with Gasteiger partial charge in [-0.2, -0.15) is 13.2 Å². The van der Waals surface area contributed by atoms with E-state index in [1.807, 2.05) is 0 Å². The number of nitrogens with one attached hydrogen (secondary N) is 1. The van der Waals surface area contributed by atoms with Gasteiger partial charge in [0.05, 0.1) is 11.6 Å². The number of carbonyl (C=O) groups is 1. The summed E-state index contributed by atoms with van der Waals surface area (Å²) in [7, 11) is 0. The summed E-state index contributed by atoms with van der Waals surface area (Å²) >= 11 is 0. The molecule has 0 radical (unpaired) electrons. The summed E-state index contributed by atoms with van der Waals surface area (Å²) < 4.78 is 43.7. The van der Waals surface area contributed by atoms with Crippen LogP contribution in [0.25, 0.3) is 0 Å². The number of benzene rings is 1. The lowest BCUT2D eigenvalue weighted by molar-refractivity contribution is -0.137. The molecule has 23 heavy (non-hydrogen) atoms. The topological polar surface area (TPSA) is 64.3 Å². The van der Waals surface area contributed by atoms with Crippen molar-refractivity contribution in [3.05, 3.63) is 35.4 Å². The van der Waals surface area contributed by atoms with Gasteiger partial charge in [-0.25, -0.2) is 4.79 Å². The number of rotatable bonds is 5. The minimum absolute atomic E-state index is 0.374. The second-order valence-corrected chi connectivity index (χ2v) is 6.25. The maximum atomic E-state index is 12.8. The van der Waals surface area contributed by atoms with Crippen molar-refractivity contribution in [1.82, 2.24) is 5.32 Å². The van der Waals surface area contributed by atoms with Crippen molar-refractivity contribution >= 4 is 6.09 Å². The van der Waals surface area contributed by atoms with Gasteiger partial charge in [-0.05, 0) is 57.9 Å². The lowest BCUT2D eigenvalue weighted by atomic mass is 9.99. The van der Waals surface area contributed by atoms with Crippen LogP contribution in [0.2, 0.25) is 0 Å². The van der Waals surface area contributed by atoms with Gasteiger partial charge in [0.15, 0.2) is 0 Å². The third-order valence-corrected chi connectivity index (χ3v) is 3.00. The quantitative estimate of drug-likeness (QED) is 0.856. The molecule has 3 N–H and O–H groups in total.